The Labute approximate surface area is 136 Å². The molecule has 2 amide bonds. The number of halogens is 2. The highest BCUT2D eigenvalue weighted by Crippen LogP contribution is 2.31. The van der Waals surface area contributed by atoms with Crippen molar-refractivity contribution in [3.05, 3.63) is 22.1 Å². The number of hydrogen-bond donors (Lipinski definition) is 4. The number of carbonyl (C=O) groups is 2. The molecule has 1 aromatic heterocycles. The van der Waals surface area contributed by atoms with Crippen LogP contribution in [0.3, 0.4) is 0 Å². The molecule has 4 N–H and O–H groups in total. The third-order valence-electron chi connectivity index (χ3n) is 4.24. The summed E-state index contributed by atoms with van der Waals surface area (Å²) in [4.78, 5) is 26.4. The van der Waals surface area contributed by atoms with E-state index in [1.165, 1.54) is 0 Å². The summed E-state index contributed by atoms with van der Waals surface area (Å²) in [6.45, 7) is 0.0678. The predicted molar refractivity (Wildman–Crippen MR) is 81.2 cm³/mol. The SMILES string of the molecule is O=C(O)N[C@H]1CCCC[C@H]1Nc1nc(Cl)c2c(c1F)CNC2=O. The first kappa shape index (κ1) is 15.8. The fourth-order valence-electron chi connectivity index (χ4n) is 3.14. The van der Waals surface area contributed by atoms with Gasteiger partial charge < -0.3 is 21.1 Å². The number of fused-ring (bicyclic) bond motifs is 1. The Morgan fingerprint density at radius 3 is 2.74 bits per heavy atom. The quantitative estimate of drug-likeness (QED) is 0.630. The molecule has 1 aliphatic heterocycles. The molecule has 23 heavy (non-hydrogen) atoms. The largest absolute Gasteiger partial charge is 0.465 e. The van der Waals surface area contributed by atoms with E-state index in [9.17, 15) is 14.0 Å². The van der Waals surface area contributed by atoms with E-state index in [1.54, 1.807) is 0 Å². The van der Waals surface area contributed by atoms with E-state index in [0.717, 1.165) is 12.8 Å². The van der Waals surface area contributed by atoms with E-state index < -0.39 is 17.8 Å². The average Bonchev–Trinajstić information content (AvgIpc) is 2.88. The van der Waals surface area contributed by atoms with Crippen LogP contribution in [0.4, 0.5) is 15.0 Å². The van der Waals surface area contributed by atoms with Gasteiger partial charge in [0.1, 0.15) is 5.15 Å². The molecule has 1 aliphatic carbocycles. The Balaban J connectivity index is 1.86. The molecule has 9 heteroatoms. The van der Waals surface area contributed by atoms with Gasteiger partial charge in [-0.1, -0.05) is 24.4 Å². The van der Waals surface area contributed by atoms with Crippen LogP contribution in [0.25, 0.3) is 0 Å². The molecule has 0 aromatic carbocycles. The first-order chi connectivity index (χ1) is 11.0. The van der Waals surface area contributed by atoms with Gasteiger partial charge in [-0.2, -0.15) is 0 Å². The van der Waals surface area contributed by atoms with Crippen molar-refractivity contribution in [2.75, 3.05) is 5.32 Å². The number of anilines is 1. The molecule has 0 unspecified atom stereocenters. The maximum absolute atomic E-state index is 14.6. The Morgan fingerprint density at radius 2 is 2.04 bits per heavy atom. The number of hydrogen-bond acceptors (Lipinski definition) is 4. The van der Waals surface area contributed by atoms with Gasteiger partial charge in [0, 0.05) is 18.2 Å². The number of aromatic nitrogens is 1. The highest BCUT2D eigenvalue weighted by atomic mass is 35.5. The van der Waals surface area contributed by atoms with Crippen LogP contribution >= 0.6 is 11.6 Å². The lowest BCUT2D eigenvalue weighted by atomic mass is 9.90. The Morgan fingerprint density at radius 1 is 1.35 bits per heavy atom. The molecule has 0 spiro atoms. The average molecular weight is 343 g/mol. The van der Waals surface area contributed by atoms with Gasteiger partial charge >= 0.3 is 6.09 Å². The van der Waals surface area contributed by atoms with Crippen LogP contribution < -0.4 is 16.0 Å². The van der Waals surface area contributed by atoms with Crippen LogP contribution in [-0.2, 0) is 6.54 Å². The smallest absolute Gasteiger partial charge is 0.404 e. The lowest BCUT2D eigenvalue weighted by molar-refractivity contribution is 0.0965. The summed E-state index contributed by atoms with van der Waals surface area (Å²) in [7, 11) is 0. The zero-order chi connectivity index (χ0) is 16.6. The molecule has 0 radical (unpaired) electrons. The van der Waals surface area contributed by atoms with Crippen molar-refractivity contribution >= 4 is 29.4 Å². The van der Waals surface area contributed by atoms with Crippen molar-refractivity contribution in [1.82, 2.24) is 15.6 Å². The summed E-state index contributed by atoms with van der Waals surface area (Å²) in [6.07, 6.45) is 2.07. The molecule has 2 aliphatic rings. The highest BCUT2D eigenvalue weighted by molar-refractivity contribution is 6.33. The summed E-state index contributed by atoms with van der Waals surface area (Å²) >= 11 is 5.99. The fraction of sp³-hybridized carbons (Fsp3) is 0.500. The van der Waals surface area contributed by atoms with Gasteiger partial charge in [0.15, 0.2) is 11.6 Å². The second-order valence-electron chi connectivity index (χ2n) is 5.69. The molecule has 3 rings (SSSR count). The number of nitrogens with zero attached hydrogens (tertiary/aromatic N) is 1. The van der Waals surface area contributed by atoms with Gasteiger partial charge in [0.2, 0.25) is 0 Å². The Kier molecular flexibility index (Phi) is 4.25. The molecule has 2 heterocycles. The van der Waals surface area contributed by atoms with Crippen LogP contribution in [0, 0.1) is 5.82 Å². The van der Waals surface area contributed by atoms with Crippen molar-refractivity contribution < 1.29 is 19.1 Å². The van der Waals surface area contributed by atoms with Gasteiger partial charge in [-0.05, 0) is 12.8 Å². The Hall–Kier alpha value is -2.09. The third kappa shape index (κ3) is 3.03. The lowest BCUT2D eigenvalue weighted by Crippen LogP contribution is -2.48. The van der Waals surface area contributed by atoms with Gasteiger partial charge in [-0.3, -0.25) is 4.79 Å². The molecule has 1 saturated carbocycles. The van der Waals surface area contributed by atoms with Crippen LogP contribution in [-0.4, -0.2) is 34.2 Å². The second-order valence-corrected chi connectivity index (χ2v) is 6.05. The number of carboxylic acid groups (broad SMARTS) is 1. The molecule has 1 fully saturated rings. The van der Waals surface area contributed by atoms with Gasteiger partial charge in [-0.25, -0.2) is 14.2 Å². The molecule has 0 saturated heterocycles. The van der Waals surface area contributed by atoms with E-state index in [0.29, 0.717) is 12.8 Å². The zero-order valence-electron chi connectivity index (χ0n) is 12.2. The summed E-state index contributed by atoms with van der Waals surface area (Å²) in [6, 6.07) is -0.602. The number of nitrogens with one attached hydrogen (secondary N) is 3. The fourth-order valence-corrected chi connectivity index (χ4v) is 3.42. The van der Waals surface area contributed by atoms with Crippen LogP contribution in [0.1, 0.15) is 41.6 Å². The van der Waals surface area contributed by atoms with Crippen molar-refractivity contribution in [1.29, 1.82) is 0 Å². The van der Waals surface area contributed by atoms with E-state index in [2.05, 4.69) is 20.9 Å². The monoisotopic (exact) mass is 342 g/mol. The lowest BCUT2D eigenvalue weighted by Gasteiger charge is -2.32. The minimum absolute atomic E-state index is 0.0469. The summed E-state index contributed by atoms with van der Waals surface area (Å²) in [5.41, 5.74) is 0.259. The van der Waals surface area contributed by atoms with Crippen LogP contribution in [0.15, 0.2) is 0 Å². The van der Waals surface area contributed by atoms with Crippen molar-refractivity contribution in [3.8, 4) is 0 Å². The van der Waals surface area contributed by atoms with Gasteiger partial charge in [0.05, 0.1) is 11.6 Å². The van der Waals surface area contributed by atoms with Crippen LogP contribution in [0.5, 0.6) is 0 Å². The standard InChI is InChI=1S/C14H16ClFN4O3/c15-11-9-6(5-17-13(9)21)10(16)12(20-11)18-7-3-1-2-4-8(7)19-14(22)23/h7-8,19H,1-5H2,(H,17,21)(H,18,20)(H,22,23)/t7-,8+/m1/s1. The van der Waals surface area contributed by atoms with Crippen molar-refractivity contribution in [2.45, 2.75) is 44.3 Å². The number of pyridine rings is 1. The maximum Gasteiger partial charge on any atom is 0.404 e. The van der Waals surface area contributed by atoms with E-state index in [4.69, 9.17) is 16.7 Å². The van der Waals surface area contributed by atoms with E-state index in [1.807, 2.05) is 0 Å². The first-order valence-electron chi connectivity index (χ1n) is 7.39. The molecule has 124 valence electrons. The summed E-state index contributed by atoms with van der Waals surface area (Å²) in [5, 5.41) is 16.8. The topological polar surface area (TPSA) is 103 Å². The second kappa shape index (κ2) is 6.19. The number of rotatable bonds is 3. The minimum Gasteiger partial charge on any atom is -0.465 e. The van der Waals surface area contributed by atoms with Crippen molar-refractivity contribution in [3.63, 3.8) is 0 Å². The predicted octanol–water partition coefficient (Wildman–Crippen LogP) is 2.11. The van der Waals surface area contributed by atoms with Crippen molar-refractivity contribution in [2.24, 2.45) is 0 Å². The molecule has 7 nitrogen and oxygen atoms in total. The van der Waals surface area contributed by atoms with Gasteiger partial charge in [-0.15, -0.1) is 0 Å². The number of carbonyl (C=O) groups excluding carboxylic acids is 1. The van der Waals surface area contributed by atoms with Crippen LogP contribution in [0.2, 0.25) is 5.15 Å². The third-order valence-corrected chi connectivity index (χ3v) is 4.51. The molecular weight excluding hydrogens is 327 g/mol. The highest BCUT2D eigenvalue weighted by Gasteiger charge is 2.32. The van der Waals surface area contributed by atoms with Gasteiger partial charge in [0.25, 0.3) is 5.91 Å². The molecule has 1 aromatic rings. The zero-order valence-corrected chi connectivity index (χ0v) is 12.9. The molecular formula is C14H16ClFN4O3. The van der Waals surface area contributed by atoms with E-state index >= 15 is 0 Å². The normalized spacial score (nSPS) is 23.1. The number of amides is 2. The Bertz CT molecular complexity index is 670. The summed E-state index contributed by atoms with van der Waals surface area (Å²) < 4.78 is 14.6. The summed E-state index contributed by atoms with van der Waals surface area (Å²) in [5.74, 6) is -1.11. The van der Waals surface area contributed by atoms with E-state index in [-0.39, 0.29) is 40.7 Å². The molecule has 0 bridgehead atoms. The molecule has 2 atom stereocenters. The minimum atomic E-state index is -1.11. The first-order valence-corrected chi connectivity index (χ1v) is 7.77. The maximum atomic E-state index is 14.6.